The van der Waals surface area contributed by atoms with Gasteiger partial charge in [0.1, 0.15) is 11.8 Å². The molecule has 0 amide bonds. The van der Waals surface area contributed by atoms with Crippen molar-refractivity contribution in [3.05, 3.63) is 71.4 Å². The first kappa shape index (κ1) is 11.6. The van der Waals surface area contributed by atoms with Crippen molar-refractivity contribution in [3.63, 3.8) is 0 Å². The highest BCUT2D eigenvalue weighted by Gasteiger charge is 2.13. The van der Waals surface area contributed by atoms with E-state index in [2.05, 4.69) is 34.9 Å². The Balaban J connectivity index is 2.20. The Morgan fingerprint density at radius 1 is 1.00 bits per heavy atom. The van der Waals surface area contributed by atoms with Gasteiger partial charge in [-0.3, -0.25) is 0 Å². The van der Waals surface area contributed by atoms with E-state index < -0.39 is 0 Å². The lowest BCUT2D eigenvalue weighted by atomic mass is 10.1. The first-order chi connectivity index (χ1) is 9.31. The van der Waals surface area contributed by atoms with E-state index in [1.165, 1.54) is 5.56 Å². The van der Waals surface area contributed by atoms with Gasteiger partial charge in [-0.1, -0.05) is 48.5 Å². The molecule has 2 nitrogen and oxygen atoms in total. The highest BCUT2D eigenvalue weighted by atomic mass is 15.0. The van der Waals surface area contributed by atoms with E-state index >= 15 is 0 Å². The molecule has 3 aromatic rings. The molecule has 19 heavy (non-hydrogen) atoms. The molecule has 0 atom stereocenters. The molecule has 0 saturated carbocycles. The number of nitriles is 1. The van der Waals surface area contributed by atoms with E-state index in [-0.39, 0.29) is 0 Å². The van der Waals surface area contributed by atoms with E-state index in [0.29, 0.717) is 0 Å². The predicted octanol–water partition coefficient (Wildman–Crippen LogP) is 3.87. The monoisotopic (exact) mass is 246 g/mol. The number of aromatic nitrogens is 1. The zero-order valence-electron chi connectivity index (χ0n) is 10.8. The number of benzene rings is 2. The molecule has 0 spiro atoms. The first-order valence-corrected chi connectivity index (χ1v) is 6.33. The van der Waals surface area contributed by atoms with Crippen LogP contribution in [0.4, 0.5) is 0 Å². The van der Waals surface area contributed by atoms with Gasteiger partial charge in [-0.2, -0.15) is 5.26 Å². The van der Waals surface area contributed by atoms with Gasteiger partial charge in [-0.15, -0.1) is 0 Å². The van der Waals surface area contributed by atoms with Crippen molar-refractivity contribution in [1.29, 1.82) is 5.26 Å². The van der Waals surface area contributed by atoms with Crippen LogP contribution in [0.15, 0.2) is 54.6 Å². The summed E-state index contributed by atoms with van der Waals surface area (Å²) in [5.74, 6) is 0. The fraction of sp³-hybridized carbons (Fsp3) is 0.118. The molecule has 0 radical (unpaired) electrons. The van der Waals surface area contributed by atoms with Crippen LogP contribution in [0.1, 0.15) is 16.8 Å². The lowest BCUT2D eigenvalue weighted by molar-refractivity contribution is 0.820. The molecule has 0 bridgehead atoms. The Morgan fingerprint density at radius 3 is 2.42 bits per heavy atom. The van der Waals surface area contributed by atoms with Crippen molar-refractivity contribution < 1.29 is 0 Å². The maximum absolute atomic E-state index is 9.41. The zero-order valence-corrected chi connectivity index (χ0v) is 10.8. The van der Waals surface area contributed by atoms with Crippen LogP contribution < -0.4 is 0 Å². The smallest absolute Gasteiger partial charge is 0.124 e. The van der Waals surface area contributed by atoms with Gasteiger partial charge in [-0.25, -0.2) is 0 Å². The molecule has 92 valence electrons. The van der Waals surface area contributed by atoms with E-state index in [1.807, 2.05) is 37.3 Å². The number of nitrogens with zero attached hydrogens (tertiary/aromatic N) is 2. The van der Waals surface area contributed by atoms with Crippen LogP contribution in [0.2, 0.25) is 0 Å². The lowest BCUT2D eigenvalue weighted by Gasteiger charge is -2.07. The average molecular weight is 246 g/mol. The van der Waals surface area contributed by atoms with Gasteiger partial charge in [0.2, 0.25) is 0 Å². The molecule has 0 aliphatic heterocycles. The van der Waals surface area contributed by atoms with Gasteiger partial charge in [0, 0.05) is 17.4 Å². The fourth-order valence-corrected chi connectivity index (χ4v) is 2.55. The second-order valence-corrected chi connectivity index (χ2v) is 4.67. The normalized spacial score (nSPS) is 10.5. The Labute approximate surface area is 112 Å². The van der Waals surface area contributed by atoms with Gasteiger partial charge in [-0.05, 0) is 24.1 Å². The number of para-hydroxylation sites is 1. The van der Waals surface area contributed by atoms with Crippen molar-refractivity contribution in [2.75, 3.05) is 0 Å². The van der Waals surface area contributed by atoms with Crippen LogP contribution in [-0.2, 0) is 6.54 Å². The standard InChI is InChI=1S/C17H14N2/c1-13-15-9-5-6-10-16(15)19(17(13)11-18)12-14-7-3-2-4-8-14/h2-10H,12H2,1H3. The minimum absolute atomic E-state index is 0.734. The summed E-state index contributed by atoms with van der Waals surface area (Å²) in [6.45, 7) is 2.75. The first-order valence-electron chi connectivity index (χ1n) is 6.33. The van der Waals surface area contributed by atoms with E-state index in [1.54, 1.807) is 0 Å². The predicted molar refractivity (Wildman–Crippen MR) is 76.9 cm³/mol. The molecule has 0 aliphatic carbocycles. The van der Waals surface area contributed by atoms with Gasteiger partial charge < -0.3 is 4.57 Å². The molecule has 2 heteroatoms. The van der Waals surface area contributed by atoms with E-state index in [0.717, 1.165) is 28.7 Å². The van der Waals surface area contributed by atoms with E-state index in [4.69, 9.17) is 0 Å². The molecule has 0 fully saturated rings. The Bertz CT molecular complexity index is 761. The van der Waals surface area contributed by atoms with Gasteiger partial charge in [0.05, 0.1) is 0 Å². The second-order valence-electron chi connectivity index (χ2n) is 4.67. The summed E-state index contributed by atoms with van der Waals surface area (Å²) in [4.78, 5) is 0. The number of fused-ring (bicyclic) bond motifs is 1. The van der Waals surface area contributed by atoms with Crippen LogP contribution in [0, 0.1) is 18.3 Å². The fourth-order valence-electron chi connectivity index (χ4n) is 2.55. The number of hydrogen-bond acceptors (Lipinski definition) is 1. The number of hydrogen-bond donors (Lipinski definition) is 0. The molecule has 2 aromatic carbocycles. The SMILES string of the molecule is Cc1c(C#N)n(Cc2ccccc2)c2ccccc12. The minimum atomic E-state index is 0.734. The number of aryl methyl sites for hydroxylation is 1. The zero-order chi connectivity index (χ0) is 13.2. The molecule has 0 N–H and O–H groups in total. The largest absolute Gasteiger partial charge is 0.328 e. The van der Waals surface area contributed by atoms with Crippen molar-refractivity contribution in [3.8, 4) is 6.07 Å². The highest BCUT2D eigenvalue weighted by Crippen LogP contribution is 2.25. The molecular formula is C17H14N2. The summed E-state index contributed by atoms with van der Waals surface area (Å²) in [5, 5.41) is 10.6. The molecule has 0 unspecified atom stereocenters. The maximum Gasteiger partial charge on any atom is 0.124 e. The molecular weight excluding hydrogens is 232 g/mol. The summed E-state index contributed by atoms with van der Waals surface area (Å²) in [6.07, 6.45) is 0. The van der Waals surface area contributed by atoms with Crippen molar-refractivity contribution >= 4 is 10.9 Å². The molecule has 0 aliphatic rings. The summed E-state index contributed by atoms with van der Waals surface area (Å²) in [7, 11) is 0. The average Bonchev–Trinajstić information content (AvgIpc) is 2.73. The topological polar surface area (TPSA) is 28.7 Å². The van der Waals surface area contributed by atoms with Gasteiger partial charge >= 0.3 is 0 Å². The van der Waals surface area contributed by atoms with Crippen LogP contribution in [0.5, 0.6) is 0 Å². The third kappa shape index (κ3) is 1.90. The van der Waals surface area contributed by atoms with Crippen molar-refractivity contribution in [1.82, 2.24) is 4.57 Å². The Kier molecular flexibility index (Phi) is 2.81. The van der Waals surface area contributed by atoms with Crippen LogP contribution in [-0.4, -0.2) is 4.57 Å². The second kappa shape index (κ2) is 4.62. The summed E-state index contributed by atoms with van der Waals surface area (Å²) >= 11 is 0. The quantitative estimate of drug-likeness (QED) is 0.674. The molecule has 3 rings (SSSR count). The third-order valence-corrected chi connectivity index (χ3v) is 3.51. The molecule has 0 saturated heterocycles. The molecule has 1 aromatic heterocycles. The number of rotatable bonds is 2. The summed E-state index contributed by atoms with van der Waals surface area (Å²) < 4.78 is 2.10. The van der Waals surface area contributed by atoms with Gasteiger partial charge in [0.15, 0.2) is 0 Å². The van der Waals surface area contributed by atoms with Crippen LogP contribution in [0.3, 0.4) is 0 Å². The Hall–Kier alpha value is -2.53. The van der Waals surface area contributed by atoms with Crippen LogP contribution in [0.25, 0.3) is 10.9 Å². The summed E-state index contributed by atoms with van der Waals surface area (Å²) in [5.41, 5.74) is 4.15. The van der Waals surface area contributed by atoms with E-state index in [9.17, 15) is 5.26 Å². The minimum Gasteiger partial charge on any atom is -0.328 e. The maximum atomic E-state index is 9.41. The summed E-state index contributed by atoms with van der Waals surface area (Å²) in [6, 6.07) is 20.8. The van der Waals surface area contributed by atoms with Crippen molar-refractivity contribution in [2.24, 2.45) is 0 Å². The van der Waals surface area contributed by atoms with Crippen LogP contribution >= 0.6 is 0 Å². The lowest BCUT2D eigenvalue weighted by Crippen LogP contribution is -2.02. The highest BCUT2D eigenvalue weighted by molar-refractivity contribution is 5.86. The van der Waals surface area contributed by atoms with Gasteiger partial charge in [0.25, 0.3) is 0 Å². The molecule has 1 heterocycles. The van der Waals surface area contributed by atoms with Crippen molar-refractivity contribution in [2.45, 2.75) is 13.5 Å². The Morgan fingerprint density at radius 2 is 1.68 bits per heavy atom. The third-order valence-electron chi connectivity index (χ3n) is 3.51.